The second kappa shape index (κ2) is 7.29. The van der Waals surface area contributed by atoms with E-state index in [4.69, 9.17) is 0 Å². The van der Waals surface area contributed by atoms with Crippen molar-refractivity contribution in [2.24, 2.45) is 0 Å². The lowest BCUT2D eigenvalue weighted by Gasteiger charge is -2.17. The zero-order chi connectivity index (χ0) is 14.5. The lowest BCUT2D eigenvalue weighted by Crippen LogP contribution is -2.21. The summed E-state index contributed by atoms with van der Waals surface area (Å²) in [4.78, 5) is 9.01. The fourth-order valence-electron chi connectivity index (χ4n) is 2.01. The van der Waals surface area contributed by atoms with Gasteiger partial charge < -0.3 is 5.32 Å². The summed E-state index contributed by atoms with van der Waals surface area (Å²) in [6.07, 6.45) is 5.60. The van der Waals surface area contributed by atoms with Gasteiger partial charge in [-0.2, -0.15) is 0 Å². The van der Waals surface area contributed by atoms with E-state index in [1.54, 1.807) is 0 Å². The van der Waals surface area contributed by atoms with E-state index in [2.05, 4.69) is 66.2 Å². The van der Waals surface area contributed by atoms with Gasteiger partial charge in [0.25, 0.3) is 0 Å². The van der Waals surface area contributed by atoms with Crippen molar-refractivity contribution in [2.45, 2.75) is 25.8 Å². The molecule has 0 fully saturated rings. The molecule has 2 rings (SSSR count). The van der Waals surface area contributed by atoms with E-state index in [9.17, 15) is 0 Å². The van der Waals surface area contributed by atoms with Crippen LogP contribution in [0.5, 0.6) is 0 Å². The molecule has 0 aliphatic rings. The third-order valence-corrected chi connectivity index (χ3v) is 4.29. The van der Waals surface area contributed by atoms with Crippen LogP contribution in [0.4, 0.5) is 0 Å². The number of aromatic nitrogens is 2. The van der Waals surface area contributed by atoms with E-state index in [1.807, 2.05) is 25.5 Å². The van der Waals surface area contributed by atoms with Crippen LogP contribution in [0, 0.1) is 0 Å². The summed E-state index contributed by atoms with van der Waals surface area (Å²) in [5.74, 6) is 0. The van der Waals surface area contributed by atoms with Gasteiger partial charge in [-0.1, -0.05) is 13.0 Å². The Morgan fingerprint density at radius 3 is 2.55 bits per heavy atom. The second-order valence-electron chi connectivity index (χ2n) is 4.58. The van der Waals surface area contributed by atoms with Gasteiger partial charge in [-0.25, -0.2) is 0 Å². The first kappa shape index (κ1) is 15.6. The van der Waals surface area contributed by atoms with Gasteiger partial charge in [-0.3, -0.25) is 9.97 Å². The number of hydrogen-bond donors (Lipinski definition) is 1. The fourth-order valence-corrected chi connectivity index (χ4v) is 3.27. The highest BCUT2D eigenvalue weighted by atomic mass is 79.9. The quantitative estimate of drug-likeness (QED) is 0.824. The summed E-state index contributed by atoms with van der Waals surface area (Å²) in [6, 6.07) is 6.38. The second-order valence-corrected chi connectivity index (χ2v) is 6.35. The molecule has 0 spiro atoms. The van der Waals surface area contributed by atoms with E-state index in [0.29, 0.717) is 0 Å². The van der Waals surface area contributed by atoms with Gasteiger partial charge in [0.05, 0.1) is 11.7 Å². The molecule has 106 valence electrons. The first-order valence-electron chi connectivity index (χ1n) is 6.56. The summed E-state index contributed by atoms with van der Waals surface area (Å²) in [5.41, 5.74) is 3.33. The van der Waals surface area contributed by atoms with Crippen LogP contribution in [0.2, 0.25) is 0 Å². The minimum absolute atomic E-state index is 0.137. The molecule has 3 nitrogen and oxygen atoms in total. The summed E-state index contributed by atoms with van der Waals surface area (Å²) < 4.78 is 1.96. The molecule has 1 unspecified atom stereocenters. The van der Waals surface area contributed by atoms with Crippen LogP contribution in [-0.2, 0) is 12.8 Å². The number of halogens is 2. The Labute approximate surface area is 136 Å². The van der Waals surface area contributed by atoms with Crippen LogP contribution in [0.3, 0.4) is 0 Å². The molecule has 0 amide bonds. The molecule has 0 saturated heterocycles. The Morgan fingerprint density at radius 2 is 2.00 bits per heavy atom. The van der Waals surface area contributed by atoms with E-state index in [0.717, 1.165) is 33.2 Å². The first-order valence-corrected chi connectivity index (χ1v) is 8.14. The van der Waals surface area contributed by atoms with Crippen molar-refractivity contribution in [3.05, 3.63) is 56.5 Å². The Bertz CT molecular complexity index is 570. The Hall–Kier alpha value is -0.780. The molecule has 0 aliphatic carbocycles. The van der Waals surface area contributed by atoms with Gasteiger partial charge in [-0.15, -0.1) is 0 Å². The minimum atomic E-state index is 0.137. The first-order chi connectivity index (χ1) is 9.63. The Balaban J connectivity index is 2.19. The minimum Gasteiger partial charge on any atom is -0.311 e. The van der Waals surface area contributed by atoms with E-state index >= 15 is 0 Å². The standard InChI is InChI=1S/C15H17Br2N3/c1-3-10-4-5-12(19-8-10)7-14(18-2)15-13(17)6-11(16)9-20-15/h4-6,8-9,14,18H,3,7H2,1-2H3. The Kier molecular flexibility index (Phi) is 5.69. The van der Waals surface area contributed by atoms with Crippen molar-refractivity contribution in [1.29, 1.82) is 0 Å². The zero-order valence-electron chi connectivity index (χ0n) is 11.5. The molecule has 2 aromatic rings. The third-order valence-electron chi connectivity index (χ3n) is 3.22. The Morgan fingerprint density at radius 1 is 1.20 bits per heavy atom. The number of hydrogen-bond acceptors (Lipinski definition) is 3. The number of pyridine rings is 2. The molecule has 1 N–H and O–H groups in total. The third kappa shape index (κ3) is 3.87. The number of nitrogens with one attached hydrogen (secondary N) is 1. The van der Waals surface area contributed by atoms with Crippen LogP contribution in [0.25, 0.3) is 0 Å². The normalized spacial score (nSPS) is 12.4. The molecule has 5 heteroatoms. The van der Waals surface area contributed by atoms with E-state index in [-0.39, 0.29) is 6.04 Å². The van der Waals surface area contributed by atoms with Gasteiger partial charge in [0, 0.05) is 33.5 Å². The summed E-state index contributed by atoms with van der Waals surface area (Å²) in [7, 11) is 1.95. The smallest absolute Gasteiger partial charge is 0.0719 e. The van der Waals surface area contributed by atoms with Gasteiger partial charge in [0.15, 0.2) is 0 Å². The summed E-state index contributed by atoms with van der Waals surface area (Å²) in [5, 5.41) is 3.31. The van der Waals surface area contributed by atoms with Crippen molar-refractivity contribution in [3.63, 3.8) is 0 Å². The molecule has 0 saturated carbocycles. The van der Waals surface area contributed by atoms with Crippen molar-refractivity contribution in [2.75, 3.05) is 7.05 Å². The van der Waals surface area contributed by atoms with Crippen LogP contribution in [-0.4, -0.2) is 17.0 Å². The average molecular weight is 399 g/mol. The van der Waals surface area contributed by atoms with Gasteiger partial charge >= 0.3 is 0 Å². The molecule has 1 atom stereocenters. The number of aryl methyl sites for hydroxylation is 1. The monoisotopic (exact) mass is 397 g/mol. The van der Waals surface area contributed by atoms with E-state index < -0.39 is 0 Å². The average Bonchev–Trinajstić information content (AvgIpc) is 2.46. The van der Waals surface area contributed by atoms with Crippen LogP contribution in [0.15, 0.2) is 39.5 Å². The van der Waals surface area contributed by atoms with Crippen molar-refractivity contribution in [1.82, 2.24) is 15.3 Å². The highest BCUT2D eigenvalue weighted by Crippen LogP contribution is 2.26. The lowest BCUT2D eigenvalue weighted by molar-refractivity contribution is 0.566. The SMILES string of the molecule is CCc1ccc(CC(NC)c2ncc(Br)cc2Br)nc1. The van der Waals surface area contributed by atoms with Gasteiger partial charge in [0.2, 0.25) is 0 Å². The molecule has 0 aliphatic heterocycles. The molecule has 0 bridgehead atoms. The van der Waals surface area contributed by atoms with Gasteiger partial charge in [0.1, 0.15) is 0 Å². The largest absolute Gasteiger partial charge is 0.311 e. The van der Waals surface area contributed by atoms with E-state index in [1.165, 1.54) is 5.56 Å². The molecule has 0 aromatic carbocycles. The summed E-state index contributed by atoms with van der Waals surface area (Å²) >= 11 is 7.00. The van der Waals surface area contributed by atoms with Crippen LogP contribution < -0.4 is 5.32 Å². The van der Waals surface area contributed by atoms with Gasteiger partial charge in [-0.05, 0) is 63.0 Å². The molecule has 20 heavy (non-hydrogen) atoms. The molecule has 2 aromatic heterocycles. The maximum absolute atomic E-state index is 4.52. The van der Waals surface area contributed by atoms with Crippen LogP contribution >= 0.6 is 31.9 Å². The number of rotatable bonds is 5. The van der Waals surface area contributed by atoms with Crippen LogP contribution in [0.1, 0.15) is 29.9 Å². The number of nitrogens with zero attached hydrogens (tertiary/aromatic N) is 2. The topological polar surface area (TPSA) is 37.8 Å². The van der Waals surface area contributed by atoms with Crippen molar-refractivity contribution >= 4 is 31.9 Å². The summed E-state index contributed by atoms with van der Waals surface area (Å²) in [6.45, 7) is 2.13. The molecule has 0 radical (unpaired) electrons. The highest BCUT2D eigenvalue weighted by Gasteiger charge is 2.15. The molecular formula is C15H17Br2N3. The molecular weight excluding hydrogens is 382 g/mol. The predicted octanol–water partition coefficient (Wildman–Crippen LogP) is 4.07. The highest BCUT2D eigenvalue weighted by molar-refractivity contribution is 9.11. The fraction of sp³-hybridized carbons (Fsp3) is 0.333. The predicted molar refractivity (Wildman–Crippen MR) is 88.8 cm³/mol. The number of likely N-dealkylation sites (N-methyl/N-ethyl adjacent to an activating group) is 1. The lowest BCUT2D eigenvalue weighted by atomic mass is 10.1. The maximum atomic E-state index is 4.52. The van der Waals surface area contributed by atoms with Crippen molar-refractivity contribution in [3.8, 4) is 0 Å². The molecule has 2 heterocycles. The maximum Gasteiger partial charge on any atom is 0.0719 e. The van der Waals surface area contributed by atoms with Crippen molar-refractivity contribution < 1.29 is 0 Å². The zero-order valence-corrected chi connectivity index (χ0v) is 14.7.